The molecule has 23 heavy (non-hydrogen) atoms. The van der Waals surface area contributed by atoms with Crippen LogP contribution in [0.3, 0.4) is 0 Å². The first-order valence-electron chi connectivity index (χ1n) is 8.13. The van der Waals surface area contributed by atoms with Gasteiger partial charge in [-0.25, -0.2) is 0 Å². The molecule has 2 aromatic carbocycles. The lowest BCUT2D eigenvalue weighted by Crippen LogP contribution is -2.41. The lowest BCUT2D eigenvalue weighted by molar-refractivity contribution is -0.127. The minimum absolute atomic E-state index is 0.0752. The fraction of sp³-hybridized carbons (Fsp3) is 0.350. The van der Waals surface area contributed by atoms with Crippen LogP contribution in [0.1, 0.15) is 31.4 Å². The van der Waals surface area contributed by atoms with E-state index in [1.54, 1.807) is 6.92 Å². The van der Waals surface area contributed by atoms with Crippen molar-refractivity contribution in [3.8, 4) is 5.75 Å². The zero-order valence-corrected chi connectivity index (χ0v) is 14.1. The summed E-state index contributed by atoms with van der Waals surface area (Å²) in [5, 5.41) is 3.03. The normalized spacial score (nSPS) is 13.2. The van der Waals surface area contributed by atoms with E-state index in [0.29, 0.717) is 0 Å². The summed E-state index contributed by atoms with van der Waals surface area (Å²) in [5.74, 6) is 0.681. The number of hydrogen-bond donors (Lipinski definition) is 1. The van der Waals surface area contributed by atoms with Gasteiger partial charge in [-0.15, -0.1) is 0 Å². The number of ether oxygens (including phenoxy) is 1. The highest BCUT2D eigenvalue weighted by Crippen LogP contribution is 2.17. The van der Waals surface area contributed by atoms with Crippen molar-refractivity contribution in [1.29, 1.82) is 0 Å². The SMILES string of the molecule is Cc1ccccc1O[C@H](C)C(=O)N[C@H](C)CCc1ccccc1. The van der Waals surface area contributed by atoms with E-state index >= 15 is 0 Å². The highest BCUT2D eigenvalue weighted by Gasteiger charge is 2.17. The Labute approximate surface area is 138 Å². The smallest absolute Gasteiger partial charge is 0.260 e. The van der Waals surface area contributed by atoms with E-state index in [4.69, 9.17) is 4.74 Å². The highest BCUT2D eigenvalue weighted by molar-refractivity contribution is 5.81. The van der Waals surface area contributed by atoms with E-state index in [9.17, 15) is 4.79 Å². The van der Waals surface area contributed by atoms with Crippen molar-refractivity contribution >= 4 is 5.91 Å². The second-order valence-corrected chi connectivity index (χ2v) is 5.96. The number of aryl methyl sites for hydroxylation is 2. The molecule has 1 N–H and O–H groups in total. The number of hydrogen-bond acceptors (Lipinski definition) is 2. The fourth-order valence-corrected chi connectivity index (χ4v) is 2.39. The molecule has 122 valence electrons. The van der Waals surface area contributed by atoms with Crippen molar-refractivity contribution in [2.45, 2.75) is 45.8 Å². The number of para-hydroxylation sites is 1. The van der Waals surface area contributed by atoms with E-state index in [-0.39, 0.29) is 11.9 Å². The van der Waals surface area contributed by atoms with Crippen molar-refractivity contribution in [1.82, 2.24) is 5.32 Å². The summed E-state index contributed by atoms with van der Waals surface area (Å²) in [6, 6.07) is 18.2. The topological polar surface area (TPSA) is 38.3 Å². The standard InChI is InChI=1S/C20H25NO2/c1-15-9-7-8-12-19(15)23-17(3)20(22)21-16(2)13-14-18-10-5-4-6-11-18/h4-12,16-17H,13-14H2,1-3H3,(H,21,22)/t16-,17-/m1/s1. The van der Waals surface area contributed by atoms with Gasteiger partial charge in [-0.2, -0.15) is 0 Å². The first-order valence-corrected chi connectivity index (χ1v) is 8.13. The first kappa shape index (κ1) is 17.1. The molecule has 0 fully saturated rings. The molecule has 2 atom stereocenters. The molecule has 0 unspecified atom stereocenters. The van der Waals surface area contributed by atoms with Crippen LogP contribution in [0.4, 0.5) is 0 Å². The molecule has 0 aliphatic rings. The summed E-state index contributed by atoms with van der Waals surface area (Å²) < 4.78 is 5.76. The van der Waals surface area contributed by atoms with Crippen LogP contribution >= 0.6 is 0 Å². The Morgan fingerprint density at radius 3 is 2.39 bits per heavy atom. The van der Waals surface area contributed by atoms with E-state index in [0.717, 1.165) is 24.2 Å². The Kier molecular flexibility index (Phi) is 6.21. The average molecular weight is 311 g/mol. The fourth-order valence-electron chi connectivity index (χ4n) is 2.39. The molecule has 0 spiro atoms. The van der Waals surface area contributed by atoms with Crippen LogP contribution < -0.4 is 10.1 Å². The van der Waals surface area contributed by atoms with Crippen LogP contribution in [0.2, 0.25) is 0 Å². The van der Waals surface area contributed by atoms with Crippen LogP contribution in [0.5, 0.6) is 5.75 Å². The molecular weight excluding hydrogens is 286 g/mol. The summed E-state index contributed by atoms with van der Waals surface area (Å²) >= 11 is 0. The Bertz CT molecular complexity index is 625. The summed E-state index contributed by atoms with van der Waals surface area (Å²) in [6.07, 6.45) is 1.36. The van der Waals surface area contributed by atoms with Crippen LogP contribution in [-0.2, 0) is 11.2 Å². The lowest BCUT2D eigenvalue weighted by Gasteiger charge is -2.19. The van der Waals surface area contributed by atoms with Gasteiger partial charge in [-0.3, -0.25) is 4.79 Å². The van der Waals surface area contributed by atoms with Crippen LogP contribution in [0.25, 0.3) is 0 Å². The molecule has 1 amide bonds. The zero-order chi connectivity index (χ0) is 16.7. The average Bonchev–Trinajstić information content (AvgIpc) is 2.56. The van der Waals surface area contributed by atoms with Gasteiger partial charge < -0.3 is 10.1 Å². The second-order valence-electron chi connectivity index (χ2n) is 5.96. The quantitative estimate of drug-likeness (QED) is 0.842. The molecule has 3 nitrogen and oxygen atoms in total. The lowest BCUT2D eigenvalue weighted by atomic mass is 10.1. The molecule has 0 saturated carbocycles. The molecule has 0 aliphatic carbocycles. The van der Waals surface area contributed by atoms with Crippen molar-refractivity contribution in [3.63, 3.8) is 0 Å². The third-order valence-corrected chi connectivity index (χ3v) is 3.86. The van der Waals surface area contributed by atoms with Gasteiger partial charge in [0.15, 0.2) is 6.10 Å². The van der Waals surface area contributed by atoms with Gasteiger partial charge in [0.1, 0.15) is 5.75 Å². The van der Waals surface area contributed by atoms with Crippen molar-refractivity contribution < 1.29 is 9.53 Å². The van der Waals surface area contributed by atoms with E-state index in [1.807, 2.05) is 56.3 Å². The van der Waals surface area contributed by atoms with Crippen molar-refractivity contribution in [2.75, 3.05) is 0 Å². The summed E-state index contributed by atoms with van der Waals surface area (Å²) in [6.45, 7) is 5.79. The molecular formula is C20H25NO2. The van der Waals surface area contributed by atoms with Gasteiger partial charge in [-0.1, -0.05) is 48.5 Å². The second kappa shape index (κ2) is 8.37. The van der Waals surface area contributed by atoms with Crippen molar-refractivity contribution in [2.24, 2.45) is 0 Å². The molecule has 2 aromatic rings. The van der Waals surface area contributed by atoms with Crippen LogP contribution in [0, 0.1) is 6.92 Å². The number of carbonyl (C=O) groups is 1. The van der Waals surface area contributed by atoms with Gasteiger partial charge in [0, 0.05) is 6.04 Å². The Balaban J connectivity index is 1.80. The van der Waals surface area contributed by atoms with Crippen LogP contribution in [0.15, 0.2) is 54.6 Å². The van der Waals surface area contributed by atoms with E-state index < -0.39 is 6.10 Å². The minimum Gasteiger partial charge on any atom is -0.481 e. The van der Waals surface area contributed by atoms with Gasteiger partial charge in [0.2, 0.25) is 0 Å². The third kappa shape index (κ3) is 5.44. The van der Waals surface area contributed by atoms with Crippen molar-refractivity contribution in [3.05, 3.63) is 65.7 Å². The number of amides is 1. The third-order valence-electron chi connectivity index (χ3n) is 3.86. The van der Waals surface area contributed by atoms with Crippen LogP contribution in [-0.4, -0.2) is 18.1 Å². The number of benzene rings is 2. The molecule has 3 heteroatoms. The van der Waals surface area contributed by atoms with Gasteiger partial charge >= 0.3 is 0 Å². The first-order chi connectivity index (χ1) is 11.1. The molecule has 2 rings (SSSR count). The summed E-state index contributed by atoms with van der Waals surface area (Å²) in [4.78, 5) is 12.2. The van der Waals surface area contributed by atoms with E-state index in [2.05, 4.69) is 17.4 Å². The van der Waals surface area contributed by atoms with Gasteiger partial charge in [-0.05, 0) is 50.8 Å². The maximum Gasteiger partial charge on any atom is 0.260 e. The molecule has 0 bridgehead atoms. The highest BCUT2D eigenvalue weighted by atomic mass is 16.5. The number of rotatable bonds is 7. The maximum atomic E-state index is 12.2. The zero-order valence-electron chi connectivity index (χ0n) is 14.1. The van der Waals surface area contributed by atoms with Gasteiger partial charge in [0.25, 0.3) is 5.91 Å². The molecule has 0 aliphatic heterocycles. The Morgan fingerprint density at radius 2 is 1.70 bits per heavy atom. The summed E-state index contributed by atoms with van der Waals surface area (Å²) in [5.41, 5.74) is 2.32. The van der Waals surface area contributed by atoms with E-state index in [1.165, 1.54) is 5.56 Å². The predicted molar refractivity (Wildman–Crippen MR) is 93.6 cm³/mol. The Hall–Kier alpha value is -2.29. The maximum absolute atomic E-state index is 12.2. The number of carbonyl (C=O) groups excluding carboxylic acids is 1. The monoisotopic (exact) mass is 311 g/mol. The predicted octanol–water partition coefficient (Wildman–Crippen LogP) is 3.90. The largest absolute Gasteiger partial charge is 0.481 e. The van der Waals surface area contributed by atoms with Gasteiger partial charge in [0.05, 0.1) is 0 Å². The molecule has 0 aromatic heterocycles. The molecule has 0 heterocycles. The molecule has 0 radical (unpaired) electrons. The minimum atomic E-state index is -0.504. The Morgan fingerprint density at radius 1 is 1.04 bits per heavy atom. The molecule has 0 saturated heterocycles. The number of nitrogens with one attached hydrogen (secondary N) is 1. The summed E-state index contributed by atoms with van der Waals surface area (Å²) in [7, 11) is 0.